The molecular formula is C9H18N2O. The fourth-order valence-corrected chi connectivity index (χ4v) is 1.84. The van der Waals surface area contributed by atoms with E-state index in [0.29, 0.717) is 5.92 Å². The van der Waals surface area contributed by atoms with Crippen molar-refractivity contribution in [2.24, 2.45) is 11.7 Å². The van der Waals surface area contributed by atoms with Gasteiger partial charge in [-0.1, -0.05) is 13.8 Å². The van der Waals surface area contributed by atoms with E-state index >= 15 is 0 Å². The van der Waals surface area contributed by atoms with Crippen LogP contribution in [0.25, 0.3) is 0 Å². The van der Waals surface area contributed by atoms with Crippen molar-refractivity contribution >= 4 is 5.91 Å². The molecule has 70 valence electrons. The first-order valence-electron chi connectivity index (χ1n) is 4.64. The molecule has 1 rings (SSSR count). The Balaban J connectivity index is 2.46. The molecule has 1 heterocycles. The third-order valence-corrected chi connectivity index (χ3v) is 2.29. The van der Waals surface area contributed by atoms with Crippen LogP contribution in [0.2, 0.25) is 0 Å². The molecule has 1 aliphatic rings. The lowest BCUT2D eigenvalue weighted by molar-refractivity contribution is -0.122. The van der Waals surface area contributed by atoms with Gasteiger partial charge in [-0.3, -0.25) is 9.69 Å². The Labute approximate surface area is 73.9 Å². The van der Waals surface area contributed by atoms with E-state index in [1.807, 2.05) is 0 Å². The van der Waals surface area contributed by atoms with Crippen LogP contribution in [0.5, 0.6) is 0 Å². The van der Waals surface area contributed by atoms with Gasteiger partial charge in [-0.05, 0) is 25.3 Å². The third-order valence-electron chi connectivity index (χ3n) is 2.29. The molecule has 1 fully saturated rings. The molecule has 0 spiro atoms. The average Bonchev–Trinajstić information content (AvgIpc) is 2.33. The maximum atomic E-state index is 11.0. The molecule has 0 saturated carbocycles. The van der Waals surface area contributed by atoms with Crippen LogP contribution in [-0.4, -0.2) is 29.9 Å². The van der Waals surface area contributed by atoms with Gasteiger partial charge in [0.25, 0.3) is 0 Å². The number of amides is 1. The topological polar surface area (TPSA) is 46.3 Å². The summed E-state index contributed by atoms with van der Waals surface area (Å²) in [5, 5.41) is 0. The molecular weight excluding hydrogens is 154 g/mol. The normalized spacial score (nSPS) is 25.1. The minimum atomic E-state index is -0.159. The summed E-state index contributed by atoms with van der Waals surface area (Å²) in [7, 11) is 0. The highest BCUT2D eigenvalue weighted by Gasteiger charge is 2.28. The number of hydrogen-bond donors (Lipinski definition) is 1. The molecule has 1 aliphatic heterocycles. The summed E-state index contributed by atoms with van der Waals surface area (Å²) in [5.41, 5.74) is 5.28. The number of likely N-dealkylation sites (tertiary alicyclic amines) is 1. The fraction of sp³-hybridized carbons (Fsp3) is 0.889. The summed E-state index contributed by atoms with van der Waals surface area (Å²) in [6, 6.07) is 0.00685. The van der Waals surface area contributed by atoms with Crippen LogP contribution in [0.1, 0.15) is 26.7 Å². The molecule has 0 aromatic carbocycles. The second kappa shape index (κ2) is 3.90. The van der Waals surface area contributed by atoms with E-state index in [-0.39, 0.29) is 11.9 Å². The quantitative estimate of drug-likeness (QED) is 0.500. The van der Waals surface area contributed by atoms with Gasteiger partial charge in [0.2, 0.25) is 5.91 Å². The van der Waals surface area contributed by atoms with E-state index in [9.17, 15) is 4.79 Å². The summed E-state index contributed by atoms with van der Waals surface area (Å²) >= 11 is 0. The van der Waals surface area contributed by atoms with Crippen molar-refractivity contribution in [3.05, 3.63) is 0 Å². The van der Waals surface area contributed by atoms with Crippen molar-refractivity contribution in [3.8, 4) is 0 Å². The van der Waals surface area contributed by atoms with E-state index in [2.05, 4.69) is 18.7 Å². The standard InChI is InChI=1S/C9H18N2O/c1-7(2)6-11-5-3-4-8(11)9(10)12/h7-8H,3-6H2,1-2H3,(H2,10,12)/i9+1,11+1. The van der Waals surface area contributed by atoms with E-state index in [1.54, 1.807) is 0 Å². The van der Waals surface area contributed by atoms with Crippen LogP contribution in [0.4, 0.5) is 0 Å². The van der Waals surface area contributed by atoms with Crippen molar-refractivity contribution in [2.75, 3.05) is 13.1 Å². The third kappa shape index (κ3) is 2.21. The SMILES string of the molecule is CC(C)C[15N]1CCCC1[13C](N)=O. The van der Waals surface area contributed by atoms with Crippen LogP contribution in [-0.2, 0) is 4.79 Å². The predicted octanol–water partition coefficient (Wildman–Crippen LogP) is 0.592. The summed E-state index contributed by atoms with van der Waals surface area (Å²) < 4.78 is 0. The average molecular weight is 172 g/mol. The van der Waals surface area contributed by atoms with E-state index in [4.69, 9.17) is 5.73 Å². The highest BCUT2D eigenvalue weighted by molar-refractivity contribution is 5.80. The highest BCUT2D eigenvalue weighted by Crippen LogP contribution is 2.17. The van der Waals surface area contributed by atoms with Crippen LogP contribution < -0.4 is 5.73 Å². The Morgan fingerprint density at radius 2 is 2.33 bits per heavy atom. The van der Waals surface area contributed by atoms with Crippen LogP contribution in [0.3, 0.4) is 0 Å². The lowest BCUT2D eigenvalue weighted by atomic mass is 10.2. The van der Waals surface area contributed by atoms with Gasteiger partial charge in [-0.2, -0.15) is 0 Å². The van der Waals surface area contributed by atoms with Gasteiger partial charge in [-0.15, -0.1) is 0 Å². The lowest BCUT2D eigenvalue weighted by Crippen LogP contribution is -2.41. The van der Waals surface area contributed by atoms with Gasteiger partial charge < -0.3 is 5.73 Å². The van der Waals surface area contributed by atoms with Gasteiger partial charge in [0.15, 0.2) is 0 Å². The molecule has 3 nitrogen and oxygen atoms in total. The van der Waals surface area contributed by atoms with Gasteiger partial charge in [0, 0.05) is 6.54 Å². The van der Waals surface area contributed by atoms with Crippen LogP contribution >= 0.6 is 0 Å². The van der Waals surface area contributed by atoms with Crippen molar-refractivity contribution in [3.63, 3.8) is 0 Å². The second-order valence-electron chi connectivity index (χ2n) is 3.95. The summed E-state index contributed by atoms with van der Waals surface area (Å²) in [5.74, 6) is 0.457. The molecule has 2 N–H and O–H groups in total. The zero-order valence-corrected chi connectivity index (χ0v) is 7.92. The first-order chi connectivity index (χ1) is 5.61. The summed E-state index contributed by atoms with van der Waals surface area (Å²) in [4.78, 5) is 13.2. The molecule has 1 unspecified atom stereocenters. The molecule has 3 heteroatoms. The highest BCUT2D eigenvalue weighted by atomic mass is 16.2. The number of carbonyl (C=O) groups is 1. The molecule has 0 aromatic heterocycles. The number of nitrogens with zero attached hydrogens (tertiary/aromatic N) is 1. The first kappa shape index (κ1) is 9.52. The largest absolute Gasteiger partial charge is 0.368 e. The van der Waals surface area contributed by atoms with E-state index in [1.165, 1.54) is 0 Å². The molecule has 1 atom stereocenters. The fourth-order valence-electron chi connectivity index (χ4n) is 1.84. The summed E-state index contributed by atoms with van der Waals surface area (Å²) in [6.07, 6.45) is 2.06. The number of nitrogens with two attached hydrogens (primary N) is 1. The monoisotopic (exact) mass is 172 g/mol. The van der Waals surface area contributed by atoms with Gasteiger partial charge in [-0.25, -0.2) is 0 Å². The van der Waals surface area contributed by atoms with E-state index < -0.39 is 0 Å². The minimum absolute atomic E-state index is 0.00685. The molecule has 0 aromatic rings. The predicted molar refractivity (Wildman–Crippen MR) is 48.6 cm³/mol. The second-order valence-corrected chi connectivity index (χ2v) is 3.95. The maximum Gasteiger partial charge on any atom is 0.234 e. The molecule has 12 heavy (non-hydrogen) atoms. The van der Waals surface area contributed by atoms with Gasteiger partial charge in [0.05, 0.1) is 6.04 Å². The Morgan fingerprint density at radius 3 is 2.83 bits per heavy atom. The lowest BCUT2D eigenvalue weighted by Gasteiger charge is -2.23. The Kier molecular flexibility index (Phi) is 3.09. The van der Waals surface area contributed by atoms with Gasteiger partial charge >= 0.3 is 0 Å². The zero-order chi connectivity index (χ0) is 9.14. The number of hydrogen-bond acceptors (Lipinski definition) is 2. The number of rotatable bonds is 3. The van der Waals surface area contributed by atoms with Crippen molar-refractivity contribution in [1.82, 2.24) is 4.90 Å². The Hall–Kier alpha value is -0.570. The van der Waals surface area contributed by atoms with Crippen molar-refractivity contribution < 1.29 is 4.79 Å². The Morgan fingerprint density at radius 1 is 1.67 bits per heavy atom. The summed E-state index contributed by atoms with van der Waals surface area (Å²) in [6.45, 7) is 6.35. The van der Waals surface area contributed by atoms with Crippen LogP contribution in [0, 0.1) is 5.92 Å². The molecule has 1 amide bonds. The molecule has 0 aliphatic carbocycles. The molecule has 0 bridgehead atoms. The van der Waals surface area contributed by atoms with Crippen molar-refractivity contribution in [1.29, 1.82) is 0 Å². The minimum Gasteiger partial charge on any atom is -0.368 e. The van der Waals surface area contributed by atoms with Gasteiger partial charge in [0.1, 0.15) is 0 Å². The maximum absolute atomic E-state index is 11.0. The first-order valence-corrected chi connectivity index (χ1v) is 4.64. The smallest absolute Gasteiger partial charge is 0.234 e. The number of carbonyl (C=O) groups excluding carboxylic acids is 1. The van der Waals surface area contributed by atoms with Crippen molar-refractivity contribution in [2.45, 2.75) is 32.7 Å². The molecule has 0 radical (unpaired) electrons. The number of primary amides is 1. The van der Waals surface area contributed by atoms with Crippen LogP contribution in [0.15, 0.2) is 0 Å². The zero-order valence-electron chi connectivity index (χ0n) is 7.92. The van der Waals surface area contributed by atoms with E-state index in [0.717, 1.165) is 25.9 Å². The Bertz CT molecular complexity index is 168. The molecule has 1 saturated heterocycles.